The third-order valence-electron chi connectivity index (χ3n) is 4.46. The highest BCUT2D eigenvalue weighted by molar-refractivity contribution is 6.13. The molecule has 142 valence electrons. The molecule has 0 bridgehead atoms. The Kier molecular flexibility index (Phi) is 6.85. The second kappa shape index (κ2) is 9.09. The maximum Gasteiger partial charge on any atom is 0.329 e. The molecule has 6 heteroatoms. The zero-order valence-corrected chi connectivity index (χ0v) is 15.4. The van der Waals surface area contributed by atoms with E-state index in [-0.39, 0.29) is 11.1 Å². The number of aliphatic hydroxyl groups is 1. The van der Waals surface area contributed by atoms with Crippen molar-refractivity contribution in [1.29, 1.82) is 0 Å². The monoisotopic (exact) mass is 369 g/mol. The van der Waals surface area contributed by atoms with Crippen LogP contribution >= 0.6 is 0 Å². The van der Waals surface area contributed by atoms with E-state index in [1.807, 2.05) is 13.8 Å². The molecule has 0 saturated carbocycles. The van der Waals surface area contributed by atoms with E-state index in [0.717, 1.165) is 0 Å². The van der Waals surface area contributed by atoms with Gasteiger partial charge in [-0.05, 0) is 36.1 Å². The number of amides is 2. The van der Waals surface area contributed by atoms with Crippen molar-refractivity contribution in [3.05, 3.63) is 70.8 Å². The first kappa shape index (κ1) is 20.3. The fraction of sp³-hybridized carbons (Fsp3) is 0.286. The maximum atomic E-state index is 13.2. The van der Waals surface area contributed by atoms with Crippen LogP contribution in [-0.2, 0) is 17.6 Å². The first-order valence-corrected chi connectivity index (χ1v) is 8.83. The molecule has 2 N–H and O–H groups in total. The Bertz CT molecular complexity index is 786. The lowest BCUT2D eigenvalue weighted by atomic mass is 10.0. The van der Waals surface area contributed by atoms with Gasteiger partial charge in [0, 0.05) is 11.1 Å². The van der Waals surface area contributed by atoms with Gasteiger partial charge in [-0.15, -0.1) is 0 Å². The summed E-state index contributed by atoms with van der Waals surface area (Å²) in [5, 5.41) is 19.1. The average Bonchev–Trinajstić information content (AvgIpc) is 2.70. The van der Waals surface area contributed by atoms with Crippen molar-refractivity contribution in [3.8, 4) is 0 Å². The molecule has 2 aromatic carbocycles. The molecular formula is C21H23NO5. The molecule has 2 rings (SSSR count). The van der Waals surface area contributed by atoms with Crippen molar-refractivity contribution < 1.29 is 24.6 Å². The number of hydrogen-bond acceptors (Lipinski definition) is 4. The second-order valence-corrected chi connectivity index (χ2v) is 6.04. The van der Waals surface area contributed by atoms with Crippen LogP contribution in [0.1, 0.15) is 45.7 Å². The van der Waals surface area contributed by atoms with Crippen molar-refractivity contribution in [2.24, 2.45) is 0 Å². The third-order valence-corrected chi connectivity index (χ3v) is 4.46. The number of imide groups is 1. The number of aliphatic carboxylic acids is 1. The molecule has 0 radical (unpaired) electrons. The van der Waals surface area contributed by atoms with Gasteiger partial charge in [0.2, 0.25) is 0 Å². The van der Waals surface area contributed by atoms with Crippen LogP contribution < -0.4 is 0 Å². The summed E-state index contributed by atoms with van der Waals surface area (Å²) in [4.78, 5) is 38.7. The van der Waals surface area contributed by atoms with Crippen LogP contribution in [0.2, 0.25) is 0 Å². The Morgan fingerprint density at radius 1 is 0.852 bits per heavy atom. The van der Waals surface area contributed by atoms with E-state index in [1.54, 1.807) is 48.5 Å². The van der Waals surface area contributed by atoms with Crippen molar-refractivity contribution >= 4 is 17.8 Å². The number of carbonyl (C=O) groups is 3. The molecule has 0 aromatic heterocycles. The summed E-state index contributed by atoms with van der Waals surface area (Å²) in [5.41, 5.74) is 1.90. The van der Waals surface area contributed by atoms with Gasteiger partial charge in [-0.3, -0.25) is 14.5 Å². The highest BCUT2D eigenvalue weighted by Crippen LogP contribution is 2.20. The number of carbonyl (C=O) groups excluding carboxylic acids is 2. The number of rotatable bonds is 7. The summed E-state index contributed by atoms with van der Waals surface area (Å²) in [6.45, 7) is 2.87. The van der Waals surface area contributed by atoms with Crippen LogP contribution in [0.5, 0.6) is 0 Å². The first-order chi connectivity index (χ1) is 13.0. The molecule has 0 fully saturated rings. The third kappa shape index (κ3) is 4.23. The molecule has 27 heavy (non-hydrogen) atoms. The lowest BCUT2D eigenvalue weighted by molar-refractivity contribution is -0.142. The van der Waals surface area contributed by atoms with Gasteiger partial charge in [-0.25, -0.2) is 4.79 Å². The predicted molar refractivity (Wildman–Crippen MR) is 101 cm³/mol. The highest BCUT2D eigenvalue weighted by Gasteiger charge is 2.36. The molecule has 0 heterocycles. The Labute approximate surface area is 158 Å². The van der Waals surface area contributed by atoms with Crippen LogP contribution in [0, 0.1) is 0 Å². The smallest absolute Gasteiger partial charge is 0.329 e. The van der Waals surface area contributed by atoms with E-state index in [2.05, 4.69) is 0 Å². The van der Waals surface area contributed by atoms with Crippen LogP contribution in [0.3, 0.4) is 0 Å². The van der Waals surface area contributed by atoms with Gasteiger partial charge in [0.25, 0.3) is 11.8 Å². The molecule has 0 aliphatic carbocycles. The van der Waals surface area contributed by atoms with Gasteiger partial charge in [0.05, 0.1) is 6.61 Å². The molecule has 0 spiro atoms. The van der Waals surface area contributed by atoms with Crippen LogP contribution in [0.15, 0.2) is 48.5 Å². The number of nitrogens with zero attached hydrogens (tertiary/aromatic N) is 1. The predicted octanol–water partition coefficient (Wildman–Crippen LogP) is 2.54. The summed E-state index contributed by atoms with van der Waals surface area (Å²) in [6.07, 6.45) is 1.10. The van der Waals surface area contributed by atoms with Crippen LogP contribution in [0.4, 0.5) is 0 Å². The van der Waals surface area contributed by atoms with Crippen molar-refractivity contribution in [2.45, 2.75) is 32.7 Å². The van der Waals surface area contributed by atoms with E-state index in [1.165, 1.54) is 0 Å². The fourth-order valence-corrected chi connectivity index (χ4v) is 2.98. The number of aryl methyl sites for hydroxylation is 2. The Morgan fingerprint density at radius 3 is 1.59 bits per heavy atom. The summed E-state index contributed by atoms with van der Waals surface area (Å²) in [5.74, 6) is -2.91. The zero-order valence-electron chi connectivity index (χ0n) is 15.4. The molecule has 1 unspecified atom stereocenters. The van der Waals surface area contributed by atoms with Crippen LogP contribution in [0.25, 0.3) is 0 Å². The van der Waals surface area contributed by atoms with Crippen molar-refractivity contribution in [2.75, 3.05) is 6.61 Å². The van der Waals surface area contributed by atoms with Crippen LogP contribution in [-0.4, -0.2) is 45.5 Å². The van der Waals surface area contributed by atoms with Gasteiger partial charge >= 0.3 is 5.97 Å². The Hall–Kier alpha value is -2.99. The molecule has 2 aromatic rings. The number of carboxylic acids is 1. The maximum absolute atomic E-state index is 13.2. The molecule has 2 amide bonds. The molecule has 1 atom stereocenters. The van der Waals surface area contributed by atoms with Gasteiger partial charge in [-0.2, -0.15) is 0 Å². The second-order valence-electron chi connectivity index (χ2n) is 6.04. The molecular weight excluding hydrogens is 346 g/mol. The highest BCUT2D eigenvalue weighted by atomic mass is 16.4. The Morgan fingerprint density at radius 2 is 1.26 bits per heavy atom. The minimum atomic E-state index is -1.67. The number of hydrogen-bond donors (Lipinski definition) is 2. The van der Waals surface area contributed by atoms with E-state index in [9.17, 15) is 24.6 Å². The minimum Gasteiger partial charge on any atom is -0.480 e. The quantitative estimate of drug-likeness (QED) is 0.732. The molecule has 0 aliphatic heterocycles. The number of aliphatic hydroxyl groups excluding tert-OH is 1. The molecule has 0 aliphatic rings. The topological polar surface area (TPSA) is 94.9 Å². The number of carboxylic acid groups (broad SMARTS) is 1. The van der Waals surface area contributed by atoms with Gasteiger partial charge in [-0.1, -0.05) is 50.2 Å². The zero-order chi connectivity index (χ0) is 20.0. The SMILES string of the molecule is CCc1ccccc1C(=O)N(C(=O)c1ccccc1CC)C(CO)C(=O)O. The normalized spacial score (nSPS) is 11.7. The summed E-state index contributed by atoms with van der Waals surface area (Å²) >= 11 is 0. The molecule has 0 saturated heterocycles. The average molecular weight is 369 g/mol. The van der Waals surface area contributed by atoms with E-state index < -0.39 is 30.4 Å². The largest absolute Gasteiger partial charge is 0.480 e. The summed E-state index contributed by atoms with van der Waals surface area (Å²) in [7, 11) is 0. The Balaban J connectivity index is 2.59. The fourth-order valence-electron chi connectivity index (χ4n) is 2.98. The molecule has 6 nitrogen and oxygen atoms in total. The van der Waals surface area contributed by atoms with E-state index in [0.29, 0.717) is 28.9 Å². The summed E-state index contributed by atoms with van der Waals surface area (Å²) < 4.78 is 0. The number of benzene rings is 2. The van der Waals surface area contributed by atoms with Gasteiger partial charge in [0.1, 0.15) is 0 Å². The van der Waals surface area contributed by atoms with Crippen molar-refractivity contribution in [3.63, 3.8) is 0 Å². The van der Waals surface area contributed by atoms with E-state index >= 15 is 0 Å². The van der Waals surface area contributed by atoms with Crippen molar-refractivity contribution in [1.82, 2.24) is 4.90 Å². The van der Waals surface area contributed by atoms with Gasteiger partial charge in [0.15, 0.2) is 6.04 Å². The van der Waals surface area contributed by atoms with Gasteiger partial charge < -0.3 is 10.2 Å². The standard InChI is InChI=1S/C21H23NO5/c1-3-14-9-5-7-11-16(14)19(24)22(18(13-23)21(26)27)20(25)17-12-8-6-10-15(17)4-2/h5-12,18,23H,3-4,13H2,1-2H3,(H,26,27). The first-order valence-electron chi connectivity index (χ1n) is 8.83. The van der Waals surface area contributed by atoms with E-state index in [4.69, 9.17) is 0 Å². The lowest BCUT2D eigenvalue weighted by Gasteiger charge is -2.27. The lowest BCUT2D eigenvalue weighted by Crippen LogP contribution is -2.51. The minimum absolute atomic E-state index is 0.252. The summed E-state index contributed by atoms with van der Waals surface area (Å²) in [6, 6.07) is 11.8.